The van der Waals surface area contributed by atoms with Crippen molar-refractivity contribution in [2.45, 2.75) is 361 Å². The quantitative estimate of drug-likeness (QED) is 0.0143. The lowest BCUT2D eigenvalue weighted by molar-refractivity contribution is -0.384. The van der Waals surface area contributed by atoms with Gasteiger partial charge in [0.05, 0.1) is 67.2 Å². The zero-order chi connectivity index (χ0) is 108. The van der Waals surface area contributed by atoms with Gasteiger partial charge in [-0.05, 0) is 321 Å². The number of ether oxygens (including phenoxy) is 8. The van der Waals surface area contributed by atoms with E-state index in [1.807, 2.05) is 283 Å². The number of ketones is 1. The molecule has 0 spiro atoms. The second kappa shape index (κ2) is 52.1. The maximum absolute atomic E-state index is 12.3. The number of non-ortho nitro benzene ring substituents is 1. The molecule has 0 radical (unpaired) electrons. The van der Waals surface area contributed by atoms with E-state index in [2.05, 4.69) is 212 Å². The number of nitrogens with zero attached hydrogens (tertiary/aromatic N) is 2. The molecule has 20 heteroatoms. The van der Waals surface area contributed by atoms with Gasteiger partial charge in [-0.15, -0.1) is 0 Å². The van der Waals surface area contributed by atoms with E-state index in [1.165, 1.54) is 34.4 Å². The number of methoxy groups -OCH3 is 2. The van der Waals surface area contributed by atoms with Gasteiger partial charge in [0, 0.05) is 67.7 Å². The molecule has 0 aliphatic heterocycles. The molecule has 0 aliphatic carbocycles. The van der Waals surface area contributed by atoms with E-state index in [9.17, 15) is 24.5 Å². The van der Waals surface area contributed by atoms with Gasteiger partial charge in [0.25, 0.3) is 11.6 Å². The molecule has 19 nitrogen and oxygen atoms in total. The smallest absolute Gasteiger partial charge is 0.269 e. The van der Waals surface area contributed by atoms with Crippen LogP contribution in [0.1, 0.15) is 345 Å². The van der Waals surface area contributed by atoms with Crippen LogP contribution in [0.25, 0.3) is 0 Å². The molecule has 0 saturated heterocycles. The van der Waals surface area contributed by atoms with Crippen molar-refractivity contribution in [2.75, 3.05) is 20.8 Å². The average Bonchev–Trinajstić information content (AvgIpc) is 0.733. The number of amides is 2. The molecule has 3 unspecified atom stereocenters. The lowest BCUT2D eigenvalue weighted by Crippen LogP contribution is -2.43. The Hall–Kier alpha value is -11.0. The highest BCUT2D eigenvalue weighted by atomic mass is 35.5. The van der Waals surface area contributed by atoms with Crippen molar-refractivity contribution in [2.24, 2.45) is 10.6 Å². The number of benzene rings is 10. The van der Waals surface area contributed by atoms with Crippen LogP contribution in [0, 0.1) is 15.5 Å². The van der Waals surface area contributed by atoms with E-state index in [-0.39, 0.29) is 91.2 Å². The number of nitrogens with one attached hydrogen (secondary N) is 3. The van der Waals surface area contributed by atoms with E-state index < -0.39 is 27.8 Å². The SMILES string of the molecule is CC(C)(C)NC(=O)Cc1ccc(COC(C)(C)C)cc1.CC(C)(C)O/N=C(/c1ccc([N+](=O)[O-])cc1)c1ccc(C(C)(C)C)cc1.CC(C)(C)OC(c1ccccc1)(c1ccc(C(C)(C)C)cc1)c1ccccc1Cl.CC(C)(C)OCc1ccc(OC(C)(C)C)cc1.CC(OC(C)(C)C)C(=O)c1ccc(CC(C)(C)C)cc1.COc1ccc(C(NC(C)(C)C)c2ccc(OCC(=O)NC(C)(C)C)cc2)c(OC)c1. The summed E-state index contributed by atoms with van der Waals surface area (Å²) >= 11 is 6.76. The van der Waals surface area contributed by atoms with E-state index in [1.54, 1.807) is 26.4 Å². The molecule has 0 fully saturated rings. The zero-order valence-corrected chi connectivity index (χ0v) is 94.5. The summed E-state index contributed by atoms with van der Waals surface area (Å²) in [7, 11) is 3.30. The molecule has 2 amide bonds. The van der Waals surface area contributed by atoms with Crippen LogP contribution in [0.2, 0.25) is 5.02 Å². The monoisotopic (exact) mass is 1980 g/mol. The molecule has 143 heavy (non-hydrogen) atoms. The first-order valence-electron chi connectivity index (χ1n) is 49.6. The number of hydrogen-bond donors (Lipinski definition) is 3. The standard InChI is InChI=1S/C27H31ClO.C25H36N2O4.C21H26N2O3.C18H28O2.C17H27NO2.C15H24O2/c1-25(2,3)20-16-18-22(19-17-20)27(29-26(4,5)6,21-12-8-7-9-13-21)23-14-10-11-15-24(23)28;1-24(2,3)26-22(28)16-31-18-11-9-17(10-12-18)23(27-25(4,5)6)20-14-13-19(29-7)15-21(20)30-8;1-20(2,3)17-11-7-15(8-12-17)19(22-26-21(4,5)6)16-9-13-18(14-10-16)23(24)25;1-13(20-18(5,6)7)16(19)15-10-8-14(9-11-15)12-17(2,3)4;1-16(2,3)18-15(19)11-13-7-9-14(10-8-13)12-20-17(4,5)6;1-14(2,3)16-11-12-7-9-13(10-8-12)17-15(4,5)6/h7-19H,1-6H3;9-15,23,27H,16H2,1-8H3,(H,26,28);7-14H,1-6H3;8-11,13H,12H2,1-7H3;7-10H,11-12H2,1-6H3,(H,18,19);7-10H,11H2,1-6H3/b;;22-19+;;;. The third-order valence-electron chi connectivity index (χ3n) is 20.7. The number of oxime groups is 1. The Labute approximate surface area is 864 Å². The summed E-state index contributed by atoms with van der Waals surface area (Å²) in [5.74, 6) is 2.99. The highest BCUT2D eigenvalue weighted by Crippen LogP contribution is 2.47. The number of nitro groups is 1. The summed E-state index contributed by atoms with van der Waals surface area (Å²) in [6, 6.07) is 79.2. The number of carbonyl (C=O) groups is 3. The van der Waals surface area contributed by atoms with Crippen LogP contribution in [-0.4, -0.2) is 105 Å². The molecule has 10 aromatic rings. The van der Waals surface area contributed by atoms with Gasteiger partial charge >= 0.3 is 0 Å². The molecule has 0 aliphatic rings. The zero-order valence-electron chi connectivity index (χ0n) is 93.8. The van der Waals surface area contributed by atoms with Gasteiger partial charge in [-0.2, -0.15) is 0 Å². The van der Waals surface area contributed by atoms with Gasteiger partial charge in [-0.3, -0.25) is 24.5 Å². The first-order valence-corrected chi connectivity index (χ1v) is 50.0. The Morgan fingerprint density at radius 1 is 0.413 bits per heavy atom. The van der Waals surface area contributed by atoms with Crippen molar-refractivity contribution in [1.82, 2.24) is 16.0 Å². The maximum atomic E-state index is 12.3. The molecule has 3 atom stereocenters. The van der Waals surface area contributed by atoms with Crippen molar-refractivity contribution < 1.29 is 62.0 Å². The molecule has 3 N–H and O–H groups in total. The molecule has 10 aromatic carbocycles. The summed E-state index contributed by atoms with van der Waals surface area (Å²) < 4.78 is 46.5. The number of carbonyl (C=O) groups excluding carboxylic acids is 3. The highest BCUT2D eigenvalue weighted by molar-refractivity contribution is 6.31. The third kappa shape index (κ3) is 46.7. The fraction of sp³-hybridized carbons (Fsp3) is 0.480. The molecular formula is C123H172ClN5O14. The van der Waals surface area contributed by atoms with E-state index in [4.69, 9.17) is 54.3 Å². The van der Waals surface area contributed by atoms with Crippen molar-refractivity contribution in [3.8, 4) is 23.0 Å². The van der Waals surface area contributed by atoms with Crippen LogP contribution in [-0.2, 0) is 75.9 Å². The number of nitro benzene ring substituents is 1. The Morgan fingerprint density at radius 3 is 1.27 bits per heavy atom. The summed E-state index contributed by atoms with van der Waals surface area (Å²) in [6.45, 7) is 77.3. The Kier molecular flexibility index (Phi) is 44.7. The summed E-state index contributed by atoms with van der Waals surface area (Å²) in [5, 5.41) is 25.5. The van der Waals surface area contributed by atoms with Gasteiger partial charge in [0.1, 0.15) is 51.6 Å². The van der Waals surface area contributed by atoms with Crippen LogP contribution in [0.5, 0.6) is 23.0 Å². The fourth-order valence-corrected chi connectivity index (χ4v) is 14.7. The first-order chi connectivity index (χ1) is 65.6. The van der Waals surface area contributed by atoms with Gasteiger partial charge in [-0.1, -0.05) is 249 Å². The van der Waals surface area contributed by atoms with Crippen LogP contribution in [0.4, 0.5) is 5.69 Å². The molecule has 10 rings (SSSR count). The van der Waals surface area contributed by atoms with Crippen molar-refractivity contribution >= 4 is 40.6 Å². The predicted octanol–water partition coefficient (Wildman–Crippen LogP) is 30.0. The first kappa shape index (κ1) is 122. The van der Waals surface area contributed by atoms with Crippen molar-refractivity contribution in [3.63, 3.8) is 0 Å². The minimum absolute atomic E-state index is 0.0212. The van der Waals surface area contributed by atoms with Crippen molar-refractivity contribution in [1.29, 1.82) is 0 Å². The molecule has 780 valence electrons. The van der Waals surface area contributed by atoms with Crippen molar-refractivity contribution in [3.05, 3.63) is 336 Å². The van der Waals surface area contributed by atoms with Crippen LogP contribution >= 0.6 is 11.6 Å². The Bertz CT molecular complexity index is 5600. The average molecular weight is 1980 g/mol. The third-order valence-corrected chi connectivity index (χ3v) is 21.1. The van der Waals surface area contributed by atoms with Gasteiger partial charge in [-0.25, -0.2) is 0 Å². The number of rotatable bonds is 27. The second-order valence-corrected chi connectivity index (χ2v) is 49.0. The largest absolute Gasteiger partial charge is 0.497 e. The molecule has 0 saturated carbocycles. The normalized spacial score (nSPS) is 13.2. The number of hydrogen-bond acceptors (Lipinski definition) is 16. The summed E-state index contributed by atoms with van der Waals surface area (Å²) in [5.41, 5.74) is 12.8. The van der Waals surface area contributed by atoms with Crippen LogP contribution < -0.4 is 34.9 Å². The molecule has 0 aromatic heterocycles. The topological polar surface area (TPSA) is 226 Å². The van der Waals surface area contributed by atoms with E-state index in [0.717, 1.165) is 79.3 Å². The molecule has 0 bridgehead atoms. The Balaban J connectivity index is 0.000000306. The molecular weight excluding hydrogens is 1810 g/mol. The highest BCUT2D eigenvalue weighted by Gasteiger charge is 2.43. The fourth-order valence-electron chi connectivity index (χ4n) is 14.5. The van der Waals surface area contributed by atoms with Crippen LogP contribution in [0.15, 0.2) is 248 Å². The van der Waals surface area contributed by atoms with Gasteiger partial charge in [0.15, 0.2) is 12.4 Å². The number of halogens is 1. The lowest BCUT2D eigenvalue weighted by atomic mass is 9.78. The minimum Gasteiger partial charge on any atom is -0.497 e. The minimum atomic E-state index is -0.811. The lowest BCUT2D eigenvalue weighted by Gasteiger charge is -2.41. The van der Waals surface area contributed by atoms with Gasteiger partial charge in [0.2, 0.25) is 5.91 Å². The summed E-state index contributed by atoms with van der Waals surface area (Å²) in [6.07, 6.45) is 1.01. The van der Waals surface area contributed by atoms with Crippen LogP contribution in [0.3, 0.4) is 0 Å². The van der Waals surface area contributed by atoms with E-state index >= 15 is 0 Å². The maximum Gasteiger partial charge on any atom is 0.269 e. The predicted molar refractivity (Wildman–Crippen MR) is 591 cm³/mol. The second-order valence-electron chi connectivity index (χ2n) is 48.6. The summed E-state index contributed by atoms with van der Waals surface area (Å²) in [4.78, 5) is 52.2. The van der Waals surface area contributed by atoms with E-state index in [0.29, 0.717) is 36.1 Å². The number of Topliss-reactive ketones (excluding diaryl/α,β-unsaturated/α-hetero) is 1. The Morgan fingerprint density at radius 2 is 0.839 bits per heavy atom. The van der Waals surface area contributed by atoms with Gasteiger partial charge < -0.3 is 58.7 Å². The molecule has 0 heterocycles.